The number of thiol groups is 1. The van der Waals surface area contributed by atoms with Crippen molar-refractivity contribution in [2.75, 3.05) is 12.4 Å². The second kappa shape index (κ2) is 7.49. The summed E-state index contributed by atoms with van der Waals surface area (Å²) in [6.07, 6.45) is 7.21. The number of rotatable bonds is 5. The molecule has 4 nitrogen and oxygen atoms in total. The van der Waals surface area contributed by atoms with Gasteiger partial charge in [-0.15, -0.1) is 0 Å². The van der Waals surface area contributed by atoms with Gasteiger partial charge in [0.15, 0.2) is 0 Å². The normalized spacial score (nSPS) is 18.0. The summed E-state index contributed by atoms with van der Waals surface area (Å²) in [6, 6.07) is 4.73. The van der Waals surface area contributed by atoms with E-state index in [1.165, 1.54) is 37.8 Å². The van der Waals surface area contributed by atoms with Gasteiger partial charge in [0.2, 0.25) is 0 Å². The third-order valence-corrected chi connectivity index (χ3v) is 5.24. The molecule has 6 heteroatoms. The van der Waals surface area contributed by atoms with Crippen molar-refractivity contribution >= 4 is 34.2 Å². The number of non-ortho nitro benzene ring substituents is 1. The Morgan fingerprint density at radius 1 is 1.24 bits per heavy atom. The molecule has 1 fully saturated rings. The molecule has 0 atom stereocenters. The van der Waals surface area contributed by atoms with Crippen LogP contribution < -0.4 is 4.74 Å². The predicted molar refractivity (Wildman–Crippen MR) is 90.3 cm³/mol. The lowest BCUT2D eigenvalue weighted by atomic mass is 9.83. The van der Waals surface area contributed by atoms with Crippen molar-refractivity contribution in [2.45, 2.75) is 38.5 Å². The van der Waals surface area contributed by atoms with Gasteiger partial charge in [0.05, 0.1) is 17.6 Å². The Balaban J connectivity index is 2.08. The van der Waals surface area contributed by atoms with Gasteiger partial charge in [-0.05, 0) is 24.7 Å². The zero-order valence-corrected chi connectivity index (χ0v) is 14.4. The summed E-state index contributed by atoms with van der Waals surface area (Å²) in [5.74, 6) is 1.34. The Bertz CT molecular complexity index is 502. The number of nitro benzene ring substituents is 1. The number of halogens is 1. The van der Waals surface area contributed by atoms with Crippen LogP contribution in [0.3, 0.4) is 0 Å². The molecular formula is C15H20BrNO3S. The van der Waals surface area contributed by atoms with E-state index < -0.39 is 4.92 Å². The molecule has 21 heavy (non-hydrogen) atoms. The van der Waals surface area contributed by atoms with Crippen molar-refractivity contribution in [3.8, 4) is 5.75 Å². The molecule has 0 aliphatic heterocycles. The Labute approximate surface area is 138 Å². The number of ether oxygens (including phenoxy) is 1. The topological polar surface area (TPSA) is 52.4 Å². The van der Waals surface area contributed by atoms with Gasteiger partial charge in [0.1, 0.15) is 5.75 Å². The van der Waals surface area contributed by atoms with Gasteiger partial charge in [-0.3, -0.25) is 10.1 Å². The van der Waals surface area contributed by atoms with E-state index in [0.717, 1.165) is 18.6 Å². The van der Waals surface area contributed by atoms with Crippen LogP contribution in [0.25, 0.3) is 0 Å². The van der Waals surface area contributed by atoms with Crippen molar-refractivity contribution in [3.63, 3.8) is 0 Å². The van der Waals surface area contributed by atoms with Crippen LogP contribution in [-0.4, -0.2) is 17.3 Å². The van der Waals surface area contributed by atoms with Gasteiger partial charge in [-0.25, -0.2) is 0 Å². The van der Waals surface area contributed by atoms with E-state index in [1.807, 2.05) is 0 Å². The van der Waals surface area contributed by atoms with Crippen LogP contribution in [0, 0.1) is 15.5 Å². The first-order valence-corrected chi connectivity index (χ1v) is 8.66. The van der Waals surface area contributed by atoms with Gasteiger partial charge >= 0.3 is 0 Å². The van der Waals surface area contributed by atoms with E-state index in [0.29, 0.717) is 16.8 Å². The molecule has 0 radical (unpaired) electrons. The van der Waals surface area contributed by atoms with Gasteiger partial charge < -0.3 is 4.74 Å². The number of benzene rings is 1. The third kappa shape index (κ3) is 4.61. The van der Waals surface area contributed by atoms with Crippen molar-refractivity contribution < 1.29 is 9.66 Å². The molecule has 1 saturated carbocycles. The smallest absolute Gasteiger partial charge is 0.274 e. The van der Waals surface area contributed by atoms with E-state index in [2.05, 4.69) is 28.6 Å². The lowest BCUT2D eigenvalue weighted by Crippen LogP contribution is -2.30. The summed E-state index contributed by atoms with van der Waals surface area (Å²) >= 11 is 7.81. The first-order valence-electron chi connectivity index (χ1n) is 7.23. The monoisotopic (exact) mass is 373 g/mol. The van der Waals surface area contributed by atoms with Crippen LogP contribution in [0.1, 0.15) is 38.5 Å². The van der Waals surface area contributed by atoms with Crippen molar-refractivity contribution in [2.24, 2.45) is 5.41 Å². The molecule has 0 N–H and O–H groups in total. The minimum absolute atomic E-state index is 0.0418. The van der Waals surface area contributed by atoms with Crippen molar-refractivity contribution in [1.29, 1.82) is 0 Å². The molecule has 0 unspecified atom stereocenters. The maximum atomic E-state index is 10.9. The maximum absolute atomic E-state index is 10.9. The zero-order chi connectivity index (χ0) is 15.3. The Hall–Kier alpha value is -0.750. The summed E-state index contributed by atoms with van der Waals surface area (Å²) in [5.41, 5.74) is 0.136. The first kappa shape index (κ1) is 16.6. The van der Waals surface area contributed by atoms with Crippen LogP contribution in [0.4, 0.5) is 5.69 Å². The molecule has 1 aromatic rings. The van der Waals surface area contributed by atoms with Crippen molar-refractivity contribution in [1.82, 2.24) is 0 Å². The molecule has 0 spiro atoms. The Morgan fingerprint density at radius 3 is 2.48 bits per heavy atom. The quantitative estimate of drug-likeness (QED) is 0.341. The highest BCUT2D eigenvalue weighted by Crippen LogP contribution is 2.37. The summed E-state index contributed by atoms with van der Waals surface area (Å²) in [6.45, 7) is 0.574. The lowest BCUT2D eigenvalue weighted by Gasteiger charge is -2.30. The average Bonchev–Trinajstić information content (AvgIpc) is 2.71. The van der Waals surface area contributed by atoms with Crippen LogP contribution in [0.15, 0.2) is 22.7 Å². The van der Waals surface area contributed by atoms with E-state index in [4.69, 9.17) is 4.74 Å². The molecular weight excluding hydrogens is 354 g/mol. The summed E-state index contributed by atoms with van der Waals surface area (Å²) in [4.78, 5) is 10.5. The second-order valence-electron chi connectivity index (χ2n) is 5.76. The number of hydrogen-bond donors (Lipinski definition) is 1. The number of nitrogens with zero attached hydrogens (tertiary/aromatic N) is 1. The average molecular weight is 374 g/mol. The minimum atomic E-state index is -0.405. The van der Waals surface area contributed by atoms with Gasteiger partial charge in [0.25, 0.3) is 5.69 Å². The minimum Gasteiger partial charge on any atom is -0.493 e. The molecule has 1 aromatic carbocycles. The summed E-state index contributed by atoms with van der Waals surface area (Å²) < 4.78 is 6.54. The molecule has 116 valence electrons. The molecule has 0 saturated heterocycles. The van der Waals surface area contributed by atoms with Gasteiger partial charge in [-0.2, -0.15) is 12.6 Å². The predicted octanol–water partition coefficient (Wildman–Crippen LogP) is 5.01. The molecule has 0 aromatic heterocycles. The highest BCUT2D eigenvalue weighted by molar-refractivity contribution is 9.10. The molecule has 2 rings (SSSR count). The Kier molecular flexibility index (Phi) is 5.93. The fraction of sp³-hybridized carbons (Fsp3) is 0.600. The Morgan fingerprint density at radius 2 is 1.90 bits per heavy atom. The van der Waals surface area contributed by atoms with Crippen LogP contribution in [-0.2, 0) is 0 Å². The molecule has 1 aliphatic carbocycles. The third-order valence-electron chi connectivity index (χ3n) is 4.11. The number of hydrogen-bond acceptors (Lipinski definition) is 4. The molecule has 1 aliphatic rings. The number of nitro groups is 1. The van der Waals surface area contributed by atoms with Gasteiger partial charge in [-0.1, -0.05) is 41.6 Å². The van der Waals surface area contributed by atoms with Crippen molar-refractivity contribution in [3.05, 3.63) is 32.8 Å². The summed E-state index contributed by atoms with van der Waals surface area (Å²) in [5, 5.41) is 10.9. The molecule has 0 amide bonds. The largest absolute Gasteiger partial charge is 0.493 e. The van der Waals surface area contributed by atoms with Gasteiger partial charge in [0, 0.05) is 16.0 Å². The highest BCUT2D eigenvalue weighted by atomic mass is 79.9. The second-order valence-corrected chi connectivity index (χ2v) is 7.00. The van der Waals surface area contributed by atoms with E-state index in [9.17, 15) is 10.1 Å². The maximum Gasteiger partial charge on any atom is 0.274 e. The van der Waals surface area contributed by atoms with Crippen LogP contribution in [0.2, 0.25) is 0 Å². The summed E-state index contributed by atoms with van der Waals surface area (Å²) in [7, 11) is 0. The zero-order valence-electron chi connectivity index (χ0n) is 11.9. The molecule has 0 bridgehead atoms. The lowest BCUT2D eigenvalue weighted by molar-refractivity contribution is -0.385. The fourth-order valence-corrected chi connectivity index (χ4v) is 3.67. The molecule has 0 heterocycles. The van der Waals surface area contributed by atoms with Crippen LogP contribution >= 0.6 is 28.6 Å². The fourth-order valence-electron chi connectivity index (χ4n) is 2.80. The SMILES string of the molecule is O=[N+]([O-])c1cc(Br)cc(OCC2(CS)CCCCCC2)c1. The van der Waals surface area contributed by atoms with E-state index in [-0.39, 0.29) is 11.1 Å². The first-order chi connectivity index (χ1) is 10.0. The van der Waals surface area contributed by atoms with E-state index in [1.54, 1.807) is 6.07 Å². The highest BCUT2D eigenvalue weighted by Gasteiger charge is 2.30. The van der Waals surface area contributed by atoms with E-state index >= 15 is 0 Å². The van der Waals surface area contributed by atoms with Crippen LogP contribution in [0.5, 0.6) is 5.75 Å². The standard InChI is InChI=1S/C15H20BrNO3S/c16-12-7-13(17(18)19)9-14(8-12)20-10-15(11-21)5-3-1-2-4-6-15/h7-9,21H,1-6,10-11H2.